The molecule has 2 aromatic heterocycles. The zero-order valence-corrected chi connectivity index (χ0v) is 15.7. The Morgan fingerprint density at radius 1 is 1.00 bits per heavy atom. The molecule has 0 aliphatic rings. The van der Waals surface area contributed by atoms with Gasteiger partial charge in [-0.25, -0.2) is 4.79 Å². The molecule has 0 aliphatic heterocycles. The fourth-order valence-electron chi connectivity index (χ4n) is 3.18. The molecule has 29 heavy (non-hydrogen) atoms. The molecule has 148 valence electrons. The van der Waals surface area contributed by atoms with Gasteiger partial charge in [0.15, 0.2) is 0 Å². The molecule has 9 heteroatoms. The quantitative estimate of drug-likeness (QED) is 0.509. The number of hydrogen-bond acceptors (Lipinski definition) is 4. The maximum Gasteiger partial charge on any atom is 0.420 e. The molecule has 2 N–H and O–H groups in total. The summed E-state index contributed by atoms with van der Waals surface area (Å²) >= 11 is 1.47. The number of ether oxygens (including phenoxy) is 1. The Kier molecular flexibility index (Phi) is 4.54. The Bertz CT molecular complexity index is 1340. The number of halogens is 3. The van der Waals surface area contributed by atoms with Gasteiger partial charge in [0.2, 0.25) is 0 Å². The summed E-state index contributed by atoms with van der Waals surface area (Å²) in [6, 6.07) is 9.50. The number of nitrogens with one attached hydrogen (secondary N) is 2. The Balaban J connectivity index is 2.05. The smallest absolute Gasteiger partial charge is 0.420 e. The average molecular weight is 418 g/mol. The highest BCUT2D eigenvalue weighted by molar-refractivity contribution is 7.17. The van der Waals surface area contributed by atoms with Gasteiger partial charge < -0.3 is 9.72 Å². The van der Waals surface area contributed by atoms with E-state index in [1.165, 1.54) is 24.5 Å². The topological polar surface area (TPSA) is 75.0 Å². The Labute approximate surface area is 165 Å². The molecule has 0 saturated carbocycles. The lowest BCUT2D eigenvalue weighted by atomic mass is 9.95. The van der Waals surface area contributed by atoms with Gasteiger partial charge in [0.25, 0.3) is 5.56 Å². The van der Waals surface area contributed by atoms with Crippen molar-refractivity contribution in [1.82, 2.24) is 9.97 Å². The minimum atomic E-state index is -4.71. The van der Waals surface area contributed by atoms with Gasteiger partial charge in [0, 0.05) is 16.5 Å². The van der Waals surface area contributed by atoms with E-state index >= 15 is 0 Å². The molecule has 4 rings (SSSR count). The molecular formula is C20H13F3N2O3S. The first-order chi connectivity index (χ1) is 13.8. The second kappa shape index (κ2) is 6.93. The van der Waals surface area contributed by atoms with Crippen LogP contribution in [0.15, 0.2) is 57.6 Å². The van der Waals surface area contributed by atoms with Gasteiger partial charge in [-0.3, -0.25) is 9.78 Å². The number of aromatic amines is 2. The van der Waals surface area contributed by atoms with E-state index in [9.17, 15) is 22.8 Å². The molecule has 0 bridgehead atoms. The van der Waals surface area contributed by atoms with Gasteiger partial charge in [-0.05, 0) is 46.2 Å². The summed E-state index contributed by atoms with van der Waals surface area (Å²) in [4.78, 5) is 27.7. The number of aromatic nitrogens is 2. The highest BCUT2D eigenvalue weighted by Gasteiger charge is 2.36. The summed E-state index contributed by atoms with van der Waals surface area (Å²) in [6.45, 7) is 0. The highest BCUT2D eigenvalue weighted by Crippen LogP contribution is 2.45. The predicted octanol–water partition coefficient (Wildman–Crippen LogP) is 4.64. The largest absolute Gasteiger partial charge is 0.495 e. The van der Waals surface area contributed by atoms with Crippen LogP contribution in [0.5, 0.6) is 5.75 Å². The zero-order chi connectivity index (χ0) is 20.8. The van der Waals surface area contributed by atoms with Gasteiger partial charge in [0.05, 0.1) is 18.2 Å². The molecular weight excluding hydrogens is 405 g/mol. The SMILES string of the molecule is COc1c(-c2ccc3ccsc3c2)cc(-c2c[nH]c(=O)[nH]c2=O)cc1C(F)(F)F. The molecule has 2 heterocycles. The number of fused-ring (bicyclic) bond motifs is 1. The molecule has 0 aliphatic carbocycles. The summed E-state index contributed by atoms with van der Waals surface area (Å²) in [5.74, 6) is -0.335. The molecule has 0 saturated heterocycles. The van der Waals surface area contributed by atoms with E-state index in [1.807, 2.05) is 22.5 Å². The third-order valence-electron chi connectivity index (χ3n) is 4.50. The maximum atomic E-state index is 13.8. The van der Waals surface area contributed by atoms with Crippen molar-refractivity contribution in [2.75, 3.05) is 7.11 Å². The number of thiophene rings is 1. The summed E-state index contributed by atoms with van der Waals surface area (Å²) in [5, 5.41) is 2.87. The molecule has 0 spiro atoms. The van der Waals surface area contributed by atoms with Crippen molar-refractivity contribution in [3.63, 3.8) is 0 Å². The van der Waals surface area contributed by atoms with Gasteiger partial charge in [-0.15, -0.1) is 11.3 Å². The lowest BCUT2D eigenvalue weighted by Gasteiger charge is -2.18. The fourth-order valence-corrected chi connectivity index (χ4v) is 4.00. The van der Waals surface area contributed by atoms with Crippen molar-refractivity contribution in [2.24, 2.45) is 0 Å². The lowest BCUT2D eigenvalue weighted by molar-refractivity contribution is -0.138. The zero-order valence-electron chi connectivity index (χ0n) is 14.9. The van der Waals surface area contributed by atoms with Crippen LogP contribution in [0, 0.1) is 0 Å². The first-order valence-corrected chi connectivity index (χ1v) is 9.25. The molecule has 0 radical (unpaired) electrons. The van der Waals surface area contributed by atoms with Crippen molar-refractivity contribution in [3.8, 4) is 28.0 Å². The molecule has 0 amide bonds. The summed E-state index contributed by atoms with van der Waals surface area (Å²) in [5.41, 5.74) is -1.90. The van der Waals surface area contributed by atoms with Crippen LogP contribution in [-0.2, 0) is 6.18 Å². The molecule has 2 aromatic carbocycles. The van der Waals surface area contributed by atoms with Gasteiger partial charge in [-0.1, -0.05) is 12.1 Å². The summed E-state index contributed by atoms with van der Waals surface area (Å²) < 4.78 is 47.4. The van der Waals surface area contributed by atoms with Crippen LogP contribution in [0.25, 0.3) is 32.3 Å². The molecule has 0 atom stereocenters. The molecule has 0 fully saturated rings. The summed E-state index contributed by atoms with van der Waals surface area (Å²) in [6.07, 6.45) is -3.62. The Morgan fingerprint density at radius 2 is 1.79 bits per heavy atom. The monoisotopic (exact) mass is 418 g/mol. The summed E-state index contributed by atoms with van der Waals surface area (Å²) in [7, 11) is 1.17. The van der Waals surface area contributed by atoms with E-state index in [4.69, 9.17) is 4.74 Å². The van der Waals surface area contributed by atoms with Gasteiger partial charge in [0.1, 0.15) is 5.75 Å². The van der Waals surface area contributed by atoms with Crippen molar-refractivity contribution < 1.29 is 17.9 Å². The number of H-pyrrole nitrogens is 2. The van der Waals surface area contributed by atoms with Crippen molar-refractivity contribution in [2.45, 2.75) is 6.18 Å². The van der Waals surface area contributed by atoms with Crippen LogP contribution in [0.1, 0.15) is 5.56 Å². The minimum absolute atomic E-state index is 0.0110. The van der Waals surface area contributed by atoms with Crippen LogP contribution in [0.3, 0.4) is 0 Å². The standard InChI is InChI=1S/C20H13F3N2O3S/c1-28-17-13(11-3-2-10-4-5-29-16(10)8-11)6-12(7-15(17)20(21,22)23)14-9-24-19(27)25-18(14)26/h2-9H,1H3,(H2,24,25,26,27). The molecule has 5 nitrogen and oxygen atoms in total. The van der Waals surface area contributed by atoms with E-state index in [1.54, 1.807) is 12.1 Å². The second-order valence-corrected chi connectivity index (χ2v) is 7.21. The van der Waals surface area contributed by atoms with E-state index in [0.29, 0.717) is 5.56 Å². The van der Waals surface area contributed by atoms with E-state index in [-0.39, 0.29) is 22.4 Å². The second-order valence-electron chi connectivity index (χ2n) is 6.26. The van der Waals surface area contributed by atoms with Crippen LogP contribution >= 0.6 is 11.3 Å². The van der Waals surface area contributed by atoms with Gasteiger partial charge >= 0.3 is 11.9 Å². The van der Waals surface area contributed by atoms with Crippen LogP contribution in [0.4, 0.5) is 13.2 Å². The number of rotatable bonds is 3. The Morgan fingerprint density at radius 3 is 2.48 bits per heavy atom. The molecule has 4 aromatic rings. The van der Waals surface area contributed by atoms with E-state index in [0.717, 1.165) is 22.3 Å². The normalized spacial score (nSPS) is 11.7. The first-order valence-electron chi connectivity index (χ1n) is 8.37. The van der Waals surface area contributed by atoms with E-state index < -0.39 is 23.0 Å². The minimum Gasteiger partial charge on any atom is -0.495 e. The number of alkyl halides is 3. The molecule has 0 unspecified atom stereocenters. The van der Waals surface area contributed by atoms with Crippen LogP contribution in [0.2, 0.25) is 0 Å². The number of hydrogen-bond donors (Lipinski definition) is 2. The predicted molar refractivity (Wildman–Crippen MR) is 105 cm³/mol. The van der Waals surface area contributed by atoms with Crippen LogP contribution < -0.4 is 16.0 Å². The lowest BCUT2D eigenvalue weighted by Crippen LogP contribution is -2.22. The van der Waals surface area contributed by atoms with E-state index in [2.05, 4.69) is 4.98 Å². The average Bonchev–Trinajstić information content (AvgIpc) is 3.14. The van der Waals surface area contributed by atoms with Crippen molar-refractivity contribution >= 4 is 21.4 Å². The van der Waals surface area contributed by atoms with Crippen molar-refractivity contribution in [1.29, 1.82) is 0 Å². The third kappa shape index (κ3) is 3.44. The van der Waals surface area contributed by atoms with Crippen LogP contribution in [-0.4, -0.2) is 17.1 Å². The first kappa shape index (κ1) is 19.0. The van der Waals surface area contributed by atoms with Gasteiger partial charge in [-0.2, -0.15) is 13.2 Å². The highest BCUT2D eigenvalue weighted by atomic mass is 32.1. The fraction of sp³-hybridized carbons (Fsp3) is 0.100. The van der Waals surface area contributed by atoms with Crippen molar-refractivity contribution in [3.05, 3.63) is 74.4 Å². The number of benzene rings is 2. The third-order valence-corrected chi connectivity index (χ3v) is 5.38. The Hall–Kier alpha value is -3.33. The maximum absolute atomic E-state index is 13.8. The number of methoxy groups -OCH3 is 1.